The summed E-state index contributed by atoms with van der Waals surface area (Å²) in [5, 5.41) is 0. The molecule has 19 heavy (non-hydrogen) atoms. The summed E-state index contributed by atoms with van der Waals surface area (Å²) in [6.45, 7) is 4.08. The number of carbonyl (C=O) groups excluding carboxylic acids is 1. The predicted molar refractivity (Wildman–Crippen MR) is 77.4 cm³/mol. The SMILES string of the molecule is CC(=O)Cc1ccc2c(c1)CCN(C1CCC1)CC2. The standard InChI is InChI=1S/C17H23NO/c1-13(19)11-14-5-6-15-7-9-18(17-3-2-4-17)10-8-16(15)12-14/h5-6,12,17H,2-4,7-11H2,1H3. The average molecular weight is 257 g/mol. The summed E-state index contributed by atoms with van der Waals surface area (Å²) < 4.78 is 0. The van der Waals surface area contributed by atoms with Gasteiger partial charge in [0.2, 0.25) is 0 Å². The van der Waals surface area contributed by atoms with Crippen LogP contribution < -0.4 is 0 Å². The van der Waals surface area contributed by atoms with Crippen LogP contribution in [0.25, 0.3) is 0 Å². The minimum atomic E-state index is 0.254. The van der Waals surface area contributed by atoms with Gasteiger partial charge in [0.25, 0.3) is 0 Å². The Morgan fingerprint density at radius 1 is 1.21 bits per heavy atom. The number of hydrogen-bond acceptors (Lipinski definition) is 2. The van der Waals surface area contributed by atoms with Crippen molar-refractivity contribution < 1.29 is 4.79 Å². The molecule has 0 aromatic heterocycles. The first-order valence-corrected chi connectivity index (χ1v) is 7.56. The third-order valence-corrected chi connectivity index (χ3v) is 4.65. The molecule has 0 atom stereocenters. The molecule has 0 spiro atoms. The summed E-state index contributed by atoms with van der Waals surface area (Å²) in [5.41, 5.74) is 4.15. The van der Waals surface area contributed by atoms with Crippen LogP contribution >= 0.6 is 0 Å². The maximum atomic E-state index is 11.2. The molecule has 2 aliphatic rings. The van der Waals surface area contributed by atoms with Crippen molar-refractivity contribution in [1.82, 2.24) is 4.90 Å². The molecule has 1 aliphatic carbocycles. The largest absolute Gasteiger partial charge is 0.300 e. The molecule has 3 rings (SSSR count). The second kappa shape index (κ2) is 5.46. The molecule has 0 bridgehead atoms. The highest BCUT2D eigenvalue weighted by Crippen LogP contribution is 2.27. The molecule has 1 heterocycles. The fourth-order valence-electron chi connectivity index (χ4n) is 3.31. The normalized spacial score (nSPS) is 20.5. The molecule has 0 unspecified atom stereocenters. The molecule has 1 aliphatic heterocycles. The smallest absolute Gasteiger partial charge is 0.134 e. The number of nitrogens with zero attached hydrogens (tertiary/aromatic N) is 1. The van der Waals surface area contributed by atoms with Crippen LogP contribution in [0, 0.1) is 0 Å². The van der Waals surface area contributed by atoms with Gasteiger partial charge in [-0.2, -0.15) is 0 Å². The topological polar surface area (TPSA) is 20.3 Å². The number of benzene rings is 1. The molecule has 1 aromatic rings. The summed E-state index contributed by atoms with van der Waals surface area (Å²) >= 11 is 0. The summed E-state index contributed by atoms with van der Waals surface area (Å²) in [6, 6.07) is 7.50. The zero-order valence-corrected chi connectivity index (χ0v) is 11.8. The lowest BCUT2D eigenvalue weighted by molar-refractivity contribution is -0.116. The van der Waals surface area contributed by atoms with E-state index in [1.807, 2.05) is 0 Å². The lowest BCUT2D eigenvalue weighted by Gasteiger charge is -2.36. The van der Waals surface area contributed by atoms with Crippen LogP contribution in [-0.2, 0) is 24.1 Å². The lowest BCUT2D eigenvalue weighted by atomic mass is 9.91. The average Bonchev–Trinajstić information content (AvgIpc) is 2.49. The van der Waals surface area contributed by atoms with E-state index in [-0.39, 0.29) is 5.78 Å². The molecule has 0 saturated heterocycles. The molecule has 102 valence electrons. The van der Waals surface area contributed by atoms with Gasteiger partial charge in [-0.25, -0.2) is 0 Å². The first-order chi connectivity index (χ1) is 9.22. The van der Waals surface area contributed by atoms with Crippen LogP contribution in [-0.4, -0.2) is 29.8 Å². The highest BCUT2D eigenvalue weighted by atomic mass is 16.1. The fourth-order valence-corrected chi connectivity index (χ4v) is 3.31. The fraction of sp³-hybridized carbons (Fsp3) is 0.588. The molecule has 2 nitrogen and oxygen atoms in total. The molecular formula is C17H23NO. The van der Waals surface area contributed by atoms with Crippen molar-refractivity contribution in [1.29, 1.82) is 0 Å². The first kappa shape index (κ1) is 12.9. The second-order valence-electron chi connectivity index (χ2n) is 6.10. The zero-order valence-electron chi connectivity index (χ0n) is 11.8. The van der Waals surface area contributed by atoms with Crippen LogP contribution in [0.5, 0.6) is 0 Å². The summed E-state index contributed by atoms with van der Waals surface area (Å²) in [7, 11) is 0. The van der Waals surface area contributed by atoms with Crippen LogP contribution in [0.1, 0.15) is 42.9 Å². The number of fused-ring (bicyclic) bond motifs is 1. The zero-order chi connectivity index (χ0) is 13.2. The van der Waals surface area contributed by atoms with Crippen molar-refractivity contribution >= 4 is 5.78 Å². The van der Waals surface area contributed by atoms with Gasteiger partial charge in [-0.3, -0.25) is 9.69 Å². The van der Waals surface area contributed by atoms with E-state index in [2.05, 4.69) is 23.1 Å². The molecule has 1 fully saturated rings. The Morgan fingerprint density at radius 3 is 2.58 bits per heavy atom. The predicted octanol–water partition coefficient (Wildman–Crippen LogP) is 2.77. The van der Waals surface area contributed by atoms with Gasteiger partial charge >= 0.3 is 0 Å². The number of rotatable bonds is 3. The van der Waals surface area contributed by atoms with E-state index in [1.54, 1.807) is 6.92 Å². The number of carbonyl (C=O) groups is 1. The first-order valence-electron chi connectivity index (χ1n) is 7.56. The van der Waals surface area contributed by atoms with E-state index in [9.17, 15) is 4.79 Å². The molecule has 2 heteroatoms. The Bertz CT molecular complexity index is 476. The highest BCUT2D eigenvalue weighted by molar-refractivity contribution is 5.78. The van der Waals surface area contributed by atoms with Crippen molar-refractivity contribution in [2.24, 2.45) is 0 Å². The van der Waals surface area contributed by atoms with Gasteiger partial charge in [0.05, 0.1) is 0 Å². The van der Waals surface area contributed by atoms with Gasteiger partial charge in [-0.15, -0.1) is 0 Å². The molecule has 1 saturated carbocycles. The molecule has 1 aromatic carbocycles. The maximum Gasteiger partial charge on any atom is 0.134 e. The van der Waals surface area contributed by atoms with Gasteiger partial charge in [0.15, 0.2) is 0 Å². The quantitative estimate of drug-likeness (QED) is 0.830. The second-order valence-corrected chi connectivity index (χ2v) is 6.10. The maximum absolute atomic E-state index is 11.2. The van der Waals surface area contributed by atoms with E-state index < -0.39 is 0 Å². The Hall–Kier alpha value is -1.15. The molecular weight excluding hydrogens is 234 g/mol. The Balaban J connectivity index is 1.72. The van der Waals surface area contributed by atoms with E-state index in [4.69, 9.17) is 0 Å². The number of hydrogen-bond donors (Lipinski definition) is 0. The van der Waals surface area contributed by atoms with E-state index in [1.165, 1.54) is 55.5 Å². The van der Waals surface area contributed by atoms with Gasteiger partial charge in [0.1, 0.15) is 5.78 Å². The minimum Gasteiger partial charge on any atom is -0.300 e. The van der Waals surface area contributed by atoms with Crippen LogP contribution in [0.4, 0.5) is 0 Å². The molecule has 0 amide bonds. The Morgan fingerprint density at radius 2 is 1.95 bits per heavy atom. The Labute approximate surface area is 115 Å². The monoisotopic (exact) mass is 257 g/mol. The van der Waals surface area contributed by atoms with Gasteiger partial charge in [-0.1, -0.05) is 24.6 Å². The third kappa shape index (κ3) is 2.89. The van der Waals surface area contributed by atoms with Crippen molar-refractivity contribution in [3.05, 3.63) is 34.9 Å². The number of Topliss-reactive ketones (excluding diaryl/α,β-unsaturated/α-hetero) is 1. The third-order valence-electron chi connectivity index (χ3n) is 4.65. The highest BCUT2D eigenvalue weighted by Gasteiger charge is 2.26. The van der Waals surface area contributed by atoms with Crippen molar-refractivity contribution in [3.8, 4) is 0 Å². The van der Waals surface area contributed by atoms with E-state index in [0.29, 0.717) is 6.42 Å². The Kier molecular flexibility index (Phi) is 3.69. The van der Waals surface area contributed by atoms with E-state index in [0.717, 1.165) is 12.5 Å². The molecule has 0 N–H and O–H groups in total. The van der Waals surface area contributed by atoms with Gasteiger partial charge in [0, 0.05) is 25.6 Å². The van der Waals surface area contributed by atoms with Gasteiger partial charge in [-0.05, 0) is 49.3 Å². The summed E-state index contributed by atoms with van der Waals surface area (Å²) in [4.78, 5) is 13.9. The van der Waals surface area contributed by atoms with Crippen LogP contribution in [0.15, 0.2) is 18.2 Å². The number of ketones is 1. The summed E-state index contributed by atoms with van der Waals surface area (Å²) in [6.07, 6.45) is 7.11. The van der Waals surface area contributed by atoms with Crippen molar-refractivity contribution in [2.45, 2.75) is 51.5 Å². The van der Waals surface area contributed by atoms with Crippen LogP contribution in [0.2, 0.25) is 0 Å². The summed E-state index contributed by atoms with van der Waals surface area (Å²) in [5.74, 6) is 0.254. The van der Waals surface area contributed by atoms with Crippen molar-refractivity contribution in [3.63, 3.8) is 0 Å². The van der Waals surface area contributed by atoms with Crippen LogP contribution in [0.3, 0.4) is 0 Å². The van der Waals surface area contributed by atoms with E-state index >= 15 is 0 Å². The lowest BCUT2D eigenvalue weighted by Crippen LogP contribution is -2.41. The van der Waals surface area contributed by atoms with Gasteiger partial charge < -0.3 is 0 Å². The minimum absolute atomic E-state index is 0.254. The van der Waals surface area contributed by atoms with Crippen molar-refractivity contribution in [2.75, 3.05) is 13.1 Å². The molecule has 0 radical (unpaired) electrons.